The van der Waals surface area contributed by atoms with E-state index < -0.39 is 10.0 Å². The van der Waals surface area contributed by atoms with Crippen molar-refractivity contribution in [1.29, 1.82) is 0 Å². The molecular formula is C17H18N4O3S. The van der Waals surface area contributed by atoms with Crippen LogP contribution in [-0.4, -0.2) is 54.1 Å². The summed E-state index contributed by atoms with van der Waals surface area (Å²) in [5, 5.41) is 7.47. The maximum atomic E-state index is 13.0. The van der Waals surface area contributed by atoms with E-state index in [1.165, 1.54) is 9.87 Å². The highest BCUT2D eigenvalue weighted by molar-refractivity contribution is 7.89. The molecule has 2 aromatic carbocycles. The highest BCUT2D eigenvalue weighted by atomic mass is 32.2. The number of benzene rings is 2. The fourth-order valence-electron chi connectivity index (χ4n) is 3.10. The van der Waals surface area contributed by atoms with Crippen molar-refractivity contribution in [2.45, 2.75) is 11.4 Å². The van der Waals surface area contributed by atoms with Gasteiger partial charge in [0.25, 0.3) is 0 Å². The van der Waals surface area contributed by atoms with Gasteiger partial charge in [0.05, 0.1) is 0 Å². The first-order valence-electron chi connectivity index (χ1n) is 8.12. The summed E-state index contributed by atoms with van der Waals surface area (Å²) in [5.41, 5.74) is 1.97. The molecule has 0 unspecified atom stereocenters. The molecule has 1 fully saturated rings. The fourth-order valence-corrected chi connectivity index (χ4v) is 4.66. The molecule has 1 saturated heterocycles. The third-order valence-corrected chi connectivity index (χ3v) is 6.38. The van der Waals surface area contributed by atoms with Gasteiger partial charge < -0.3 is 0 Å². The van der Waals surface area contributed by atoms with Gasteiger partial charge in [-0.15, -0.1) is 0 Å². The lowest BCUT2D eigenvalue weighted by atomic mass is 10.2. The molecule has 2 heterocycles. The van der Waals surface area contributed by atoms with Gasteiger partial charge in [0.15, 0.2) is 5.52 Å². The normalized spacial score (nSPS) is 17.1. The number of rotatable bonds is 4. The van der Waals surface area contributed by atoms with E-state index in [0.717, 1.165) is 6.54 Å². The number of hydrogen-bond donors (Lipinski definition) is 0. The molecule has 130 valence electrons. The standard InChI is InChI=1S/C17H18N4O3S/c22-25(23,16-8-4-7-15-17(16)19-24-18-15)21-11-9-20(10-12-21)13-14-5-2-1-3-6-14/h1-8H,9-13H2. The largest absolute Gasteiger partial charge is 0.296 e. The first-order chi connectivity index (χ1) is 12.1. The minimum Gasteiger partial charge on any atom is -0.296 e. The van der Waals surface area contributed by atoms with Crippen LogP contribution in [0.4, 0.5) is 0 Å². The smallest absolute Gasteiger partial charge is 0.245 e. The van der Waals surface area contributed by atoms with Crippen molar-refractivity contribution in [2.24, 2.45) is 0 Å². The lowest BCUT2D eigenvalue weighted by Crippen LogP contribution is -2.48. The Morgan fingerprint density at radius 1 is 0.920 bits per heavy atom. The van der Waals surface area contributed by atoms with Crippen LogP contribution >= 0.6 is 0 Å². The van der Waals surface area contributed by atoms with Gasteiger partial charge in [-0.25, -0.2) is 13.0 Å². The fraction of sp³-hybridized carbons (Fsp3) is 0.294. The lowest BCUT2D eigenvalue weighted by molar-refractivity contribution is 0.181. The Hall–Kier alpha value is -2.29. The summed E-state index contributed by atoms with van der Waals surface area (Å²) in [4.78, 5) is 2.42. The van der Waals surface area contributed by atoms with Gasteiger partial charge >= 0.3 is 0 Å². The van der Waals surface area contributed by atoms with E-state index in [0.29, 0.717) is 31.7 Å². The molecule has 0 aliphatic carbocycles. The quantitative estimate of drug-likeness (QED) is 0.707. The molecule has 7 nitrogen and oxygen atoms in total. The number of aromatic nitrogens is 2. The third kappa shape index (κ3) is 3.15. The van der Waals surface area contributed by atoms with Crippen LogP contribution in [0, 0.1) is 0 Å². The Labute approximate surface area is 145 Å². The van der Waals surface area contributed by atoms with Crippen molar-refractivity contribution < 1.29 is 13.0 Å². The van der Waals surface area contributed by atoms with Gasteiger partial charge in [-0.1, -0.05) is 36.4 Å². The second kappa shape index (κ2) is 6.55. The summed E-state index contributed by atoms with van der Waals surface area (Å²) < 4.78 is 32.1. The number of fused-ring (bicyclic) bond motifs is 1. The van der Waals surface area contributed by atoms with Crippen molar-refractivity contribution in [1.82, 2.24) is 19.5 Å². The molecule has 8 heteroatoms. The van der Waals surface area contributed by atoms with Gasteiger partial charge in [0.2, 0.25) is 10.0 Å². The monoisotopic (exact) mass is 358 g/mol. The van der Waals surface area contributed by atoms with Gasteiger partial charge in [0, 0.05) is 32.7 Å². The average molecular weight is 358 g/mol. The summed E-state index contributed by atoms with van der Waals surface area (Å²) >= 11 is 0. The predicted octanol–water partition coefficient (Wildman–Crippen LogP) is 1.73. The van der Waals surface area contributed by atoms with Crippen LogP contribution in [-0.2, 0) is 16.6 Å². The molecule has 0 amide bonds. The van der Waals surface area contributed by atoms with E-state index in [2.05, 4.69) is 32.0 Å². The molecule has 0 radical (unpaired) electrons. The summed E-state index contributed by atoms with van der Waals surface area (Å²) in [7, 11) is -3.61. The summed E-state index contributed by atoms with van der Waals surface area (Å²) in [6.45, 7) is 3.13. The zero-order chi connectivity index (χ0) is 17.3. The van der Waals surface area contributed by atoms with Gasteiger partial charge in [-0.05, 0) is 28.0 Å². The van der Waals surface area contributed by atoms with Crippen molar-refractivity contribution in [3.05, 3.63) is 54.1 Å². The number of nitrogens with zero attached hydrogens (tertiary/aromatic N) is 4. The summed E-state index contributed by atoms with van der Waals surface area (Å²) in [5.74, 6) is 0. The lowest BCUT2D eigenvalue weighted by Gasteiger charge is -2.33. The molecule has 3 aromatic rings. The van der Waals surface area contributed by atoms with Crippen LogP contribution < -0.4 is 0 Å². The Balaban J connectivity index is 1.49. The molecule has 1 aliphatic heterocycles. The molecule has 25 heavy (non-hydrogen) atoms. The molecule has 0 saturated carbocycles. The molecule has 4 rings (SSSR count). The zero-order valence-corrected chi connectivity index (χ0v) is 14.4. The maximum absolute atomic E-state index is 13.0. The van der Waals surface area contributed by atoms with Crippen LogP contribution in [0.5, 0.6) is 0 Å². The molecule has 0 atom stereocenters. The Morgan fingerprint density at radius 2 is 1.68 bits per heavy atom. The van der Waals surface area contributed by atoms with Crippen LogP contribution in [0.2, 0.25) is 0 Å². The topological polar surface area (TPSA) is 79.5 Å². The van der Waals surface area contributed by atoms with E-state index in [4.69, 9.17) is 0 Å². The predicted molar refractivity (Wildman–Crippen MR) is 92.3 cm³/mol. The minimum atomic E-state index is -3.61. The van der Waals surface area contributed by atoms with Gasteiger partial charge in [-0.2, -0.15) is 4.31 Å². The van der Waals surface area contributed by atoms with Crippen molar-refractivity contribution in [2.75, 3.05) is 26.2 Å². The first kappa shape index (κ1) is 16.2. The second-order valence-corrected chi connectivity index (χ2v) is 7.96. The van der Waals surface area contributed by atoms with Crippen molar-refractivity contribution >= 4 is 21.1 Å². The molecular weight excluding hydrogens is 340 g/mol. The Kier molecular flexibility index (Phi) is 4.24. The Morgan fingerprint density at radius 3 is 2.44 bits per heavy atom. The van der Waals surface area contributed by atoms with Gasteiger partial charge in [0.1, 0.15) is 10.4 Å². The van der Waals surface area contributed by atoms with E-state index in [-0.39, 0.29) is 10.4 Å². The second-order valence-electron chi connectivity index (χ2n) is 6.05. The number of piperazine rings is 1. The van der Waals surface area contributed by atoms with E-state index in [1.807, 2.05) is 18.2 Å². The van der Waals surface area contributed by atoms with Crippen LogP contribution in [0.1, 0.15) is 5.56 Å². The minimum absolute atomic E-state index is 0.155. The van der Waals surface area contributed by atoms with Crippen molar-refractivity contribution in [3.8, 4) is 0 Å². The zero-order valence-electron chi connectivity index (χ0n) is 13.6. The molecule has 1 aliphatic rings. The third-order valence-electron chi connectivity index (χ3n) is 4.45. The number of hydrogen-bond acceptors (Lipinski definition) is 6. The van der Waals surface area contributed by atoms with E-state index >= 15 is 0 Å². The van der Waals surface area contributed by atoms with Crippen molar-refractivity contribution in [3.63, 3.8) is 0 Å². The molecule has 0 N–H and O–H groups in total. The molecule has 1 aromatic heterocycles. The number of sulfonamides is 1. The van der Waals surface area contributed by atoms with E-state index in [1.54, 1.807) is 18.2 Å². The van der Waals surface area contributed by atoms with E-state index in [9.17, 15) is 8.42 Å². The highest BCUT2D eigenvalue weighted by Crippen LogP contribution is 2.24. The molecule has 0 bridgehead atoms. The highest BCUT2D eigenvalue weighted by Gasteiger charge is 2.30. The summed E-state index contributed by atoms with van der Waals surface area (Å²) in [6, 6.07) is 15.1. The average Bonchev–Trinajstić information content (AvgIpc) is 3.11. The van der Waals surface area contributed by atoms with Gasteiger partial charge in [-0.3, -0.25) is 4.90 Å². The SMILES string of the molecule is O=S(=O)(c1cccc2nonc12)N1CCN(Cc2ccccc2)CC1. The van der Waals surface area contributed by atoms with Crippen LogP contribution in [0.3, 0.4) is 0 Å². The van der Waals surface area contributed by atoms with Crippen LogP contribution in [0.25, 0.3) is 11.0 Å². The molecule has 0 spiro atoms. The summed E-state index contributed by atoms with van der Waals surface area (Å²) in [6.07, 6.45) is 0. The maximum Gasteiger partial charge on any atom is 0.245 e. The Bertz CT molecular complexity index is 964. The first-order valence-corrected chi connectivity index (χ1v) is 9.56. The van der Waals surface area contributed by atoms with Crippen LogP contribution in [0.15, 0.2) is 58.1 Å².